The van der Waals surface area contributed by atoms with Crippen molar-refractivity contribution in [3.05, 3.63) is 0 Å². The lowest BCUT2D eigenvalue weighted by Gasteiger charge is -1.91. The smallest absolute Gasteiger partial charge is 0.103 e. The number of nitrogens with one attached hydrogen (secondary N) is 1. The van der Waals surface area contributed by atoms with Gasteiger partial charge in [0.15, 0.2) is 0 Å². The van der Waals surface area contributed by atoms with Crippen molar-refractivity contribution in [2.24, 2.45) is 10.1 Å². The van der Waals surface area contributed by atoms with Crippen molar-refractivity contribution >= 4 is 12.6 Å². The van der Waals surface area contributed by atoms with Crippen molar-refractivity contribution in [3.63, 3.8) is 0 Å². The highest BCUT2D eigenvalue weighted by atomic mass is 15.3. The van der Waals surface area contributed by atoms with Gasteiger partial charge in [-0.05, 0) is 0 Å². The predicted octanol–water partition coefficient (Wildman–Crippen LogP) is 0.630. The highest BCUT2D eigenvalue weighted by molar-refractivity contribution is 5.68. The van der Waals surface area contributed by atoms with Crippen LogP contribution in [0.5, 0.6) is 0 Å². The first-order valence-electron chi connectivity index (χ1n) is 2.75. The van der Waals surface area contributed by atoms with Crippen LogP contribution in [0.15, 0.2) is 10.1 Å². The molecule has 1 N–H and O–H groups in total. The minimum Gasteiger partial charge on any atom is -0.268 e. The molecule has 1 heterocycles. The maximum atomic E-state index is 3.79. The standard InChI is InChI=1S/C3H5N3.C2H6/c1-2-5-6-3-4-1;1-2/h2-3H,1H2,(H,4,6);1-2H3. The zero-order chi connectivity index (χ0) is 6.24. The van der Waals surface area contributed by atoms with Crippen molar-refractivity contribution in [3.8, 4) is 0 Å². The number of nitrogens with zero attached hydrogens (tertiary/aromatic N) is 2. The zero-order valence-electron chi connectivity index (χ0n) is 5.26. The largest absolute Gasteiger partial charge is 0.268 e. The van der Waals surface area contributed by atoms with E-state index >= 15 is 0 Å². The minimum absolute atomic E-state index is 0.715. The summed E-state index contributed by atoms with van der Waals surface area (Å²) in [5, 5.41) is 3.65. The molecule has 46 valence electrons. The minimum atomic E-state index is 0.715. The Kier molecular flexibility index (Phi) is 5.48. The van der Waals surface area contributed by atoms with Crippen molar-refractivity contribution in [1.82, 2.24) is 5.43 Å². The third-order valence-electron chi connectivity index (χ3n) is 0.502. The molecule has 0 aromatic rings. The number of hydrazone groups is 1. The van der Waals surface area contributed by atoms with Crippen LogP contribution in [0.1, 0.15) is 13.8 Å². The van der Waals surface area contributed by atoms with Crippen LogP contribution in [0, 0.1) is 0 Å². The first kappa shape index (κ1) is 7.14. The molecule has 0 fully saturated rings. The van der Waals surface area contributed by atoms with Crippen LogP contribution in [0.25, 0.3) is 0 Å². The average Bonchev–Trinajstić information content (AvgIpc) is 1.96. The summed E-state index contributed by atoms with van der Waals surface area (Å²) < 4.78 is 0. The first-order chi connectivity index (χ1) is 4.00. The molecule has 0 radical (unpaired) electrons. The Morgan fingerprint density at radius 3 is 2.38 bits per heavy atom. The molecule has 0 spiro atoms. The Morgan fingerprint density at radius 1 is 1.50 bits per heavy atom. The van der Waals surface area contributed by atoms with Gasteiger partial charge in [0.05, 0.1) is 6.54 Å². The summed E-state index contributed by atoms with van der Waals surface area (Å²) in [4.78, 5) is 3.79. The highest BCUT2D eigenvalue weighted by Crippen LogP contribution is 1.66. The van der Waals surface area contributed by atoms with Gasteiger partial charge in [0.25, 0.3) is 0 Å². The topological polar surface area (TPSA) is 36.8 Å². The van der Waals surface area contributed by atoms with Crippen LogP contribution in [0.2, 0.25) is 0 Å². The number of aliphatic imine (C=N–C) groups is 1. The van der Waals surface area contributed by atoms with Crippen LogP contribution in [-0.4, -0.2) is 19.1 Å². The van der Waals surface area contributed by atoms with Gasteiger partial charge in [-0.25, -0.2) is 0 Å². The van der Waals surface area contributed by atoms with Crippen molar-refractivity contribution in [2.75, 3.05) is 6.54 Å². The van der Waals surface area contributed by atoms with E-state index in [1.54, 1.807) is 12.6 Å². The second kappa shape index (κ2) is 6.14. The summed E-state index contributed by atoms with van der Waals surface area (Å²) in [5.74, 6) is 0. The molecule has 1 aliphatic heterocycles. The van der Waals surface area contributed by atoms with Gasteiger partial charge in [-0.2, -0.15) is 5.10 Å². The van der Waals surface area contributed by atoms with Crippen LogP contribution in [0.3, 0.4) is 0 Å². The Morgan fingerprint density at radius 2 is 2.25 bits per heavy atom. The van der Waals surface area contributed by atoms with Gasteiger partial charge in [0, 0.05) is 6.21 Å². The van der Waals surface area contributed by atoms with E-state index in [0.717, 1.165) is 0 Å². The molecule has 0 saturated heterocycles. The fourth-order valence-electron chi connectivity index (χ4n) is 0.268. The molecular weight excluding hydrogens is 102 g/mol. The van der Waals surface area contributed by atoms with Gasteiger partial charge in [-0.15, -0.1) is 0 Å². The maximum absolute atomic E-state index is 3.79. The third-order valence-corrected chi connectivity index (χ3v) is 0.502. The van der Waals surface area contributed by atoms with Crippen LogP contribution in [0.4, 0.5) is 0 Å². The second-order valence-corrected chi connectivity index (χ2v) is 0.935. The summed E-state index contributed by atoms with van der Waals surface area (Å²) in [6.45, 7) is 4.72. The monoisotopic (exact) mass is 113 g/mol. The number of hydrogen-bond acceptors (Lipinski definition) is 3. The molecule has 1 rings (SSSR count). The molecule has 3 heteroatoms. The summed E-state index contributed by atoms with van der Waals surface area (Å²) in [6, 6.07) is 0. The molecule has 0 saturated carbocycles. The van der Waals surface area contributed by atoms with E-state index in [1.165, 1.54) is 0 Å². The van der Waals surface area contributed by atoms with E-state index in [0.29, 0.717) is 6.54 Å². The van der Waals surface area contributed by atoms with E-state index in [-0.39, 0.29) is 0 Å². The molecule has 0 unspecified atom stereocenters. The molecule has 0 aromatic carbocycles. The molecule has 0 atom stereocenters. The summed E-state index contributed by atoms with van der Waals surface area (Å²) in [7, 11) is 0. The third kappa shape index (κ3) is 3.33. The normalized spacial score (nSPS) is 13.8. The first-order valence-corrected chi connectivity index (χ1v) is 2.75. The molecular formula is C5H11N3. The predicted molar refractivity (Wildman–Crippen MR) is 36.3 cm³/mol. The SMILES string of the molecule is C1=NCC=NN1.CC. The Balaban J connectivity index is 0.000000222. The lowest BCUT2D eigenvalue weighted by atomic mass is 10.7. The number of rotatable bonds is 0. The van der Waals surface area contributed by atoms with Gasteiger partial charge < -0.3 is 0 Å². The van der Waals surface area contributed by atoms with Gasteiger partial charge >= 0.3 is 0 Å². The van der Waals surface area contributed by atoms with Crippen molar-refractivity contribution in [1.29, 1.82) is 0 Å². The van der Waals surface area contributed by atoms with E-state index < -0.39 is 0 Å². The Labute approximate surface area is 49.5 Å². The molecule has 0 amide bonds. The quantitative estimate of drug-likeness (QED) is 0.491. The van der Waals surface area contributed by atoms with E-state index in [2.05, 4.69) is 15.5 Å². The maximum Gasteiger partial charge on any atom is 0.103 e. The van der Waals surface area contributed by atoms with Gasteiger partial charge in [0.1, 0.15) is 6.34 Å². The van der Waals surface area contributed by atoms with E-state index in [9.17, 15) is 0 Å². The Bertz CT molecular complexity index is 65.7. The number of hydrogen-bond donors (Lipinski definition) is 1. The van der Waals surface area contributed by atoms with E-state index in [4.69, 9.17) is 0 Å². The summed E-state index contributed by atoms with van der Waals surface area (Å²) in [6.07, 6.45) is 3.28. The van der Waals surface area contributed by atoms with Gasteiger partial charge in [0.2, 0.25) is 0 Å². The summed E-state index contributed by atoms with van der Waals surface area (Å²) >= 11 is 0. The van der Waals surface area contributed by atoms with Crippen LogP contribution < -0.4 is 5.43 Å². The van der Waals surface area contributed by atoms with Crippen molar-refractivity contribution < 1.29 is 0 Å². The molecule has 0 aromatic heterocycles. The van der Waals surface area contributed by atoms with Gasteiger partial charge in [-0.3, -0.25) is 10.4 Å². The van der Waals surface area contributed by atoms with Gasteiger partial charge in [-0.1, -0.05) is 13.8 Å². The van der Waals surface area contributed by atoms with Crippen LogP contribution in [-0.2, 0) is 0 Å². The van der Waals surface area contributed by atoms with Crippen LogP contribution >= 0.6 is 0 Å². The second-order valence-electron chi connectivity index (χ2n) is 0.935. The molecule has 0 aliphatic carbocycles. The fourth-order valence-corrected chi connectivity index (χ4v) is 0.268. The Hall–Kier alpha value is -0.860. The van der Waals surface area contributed by atoms with Crippen molar-refractivity contribution in [2.45, 2.75) is 13.8 Å². The molecule has 1 aliphatic rings. The molecule has 8 heavy (non-hydrogen) atoms. The lowest BCUT2D eigenvalue weighted by molar-refractivity contribution is 1.01. The summed E-state index contributed by atoms with van der Waals surface area (Å²) in [5.41, 5.74) is 2.56. The lowest BCUT2D eigenvalue weighted by Crippen LogP contribution is -2.07. The zero-order valence-corrected chi connectivity index (χ0v) is 5.26. The highest BCUT2D eigenvalue weighted by Gasteiger charge is 1.74. The average molecular weight is 113 g/mol. The fraction of sp³-hybridized carbons (Fsp3) is 0.600. The van der Waals surface area contributed by atoms with E-state index in [1.807, 2.05) is 13.8 Å². The molecule has 0 bridgehead atoms. The molecule has 3 nitrogen and oxygen atoms in total.